The Morgan fingerprint density at radius 1 is 1.12 bits per heavy atom. The van der Waals surface area contributed by atoms with E-state index in [1.807, 2.05) is 13.8 Å². The lowest BCUT2D eigenvalue weighted by Gasteiger charge is -2.05. The minimum absolute atomic E-state index is 0.0269. The largest absolute Gasteiger partial charge is 0.486 e. The van der Waals surface area contributed by atoms with Crippen molar-refractivity contribution in [1.29, 1.82) is 0 Å². The van der Waals surface area contributed by atoms with Gasteiger partial charge in [-0.1, -0.05) is 13.8 Å². The Bertz CT molecular complexity index is 357. The molecule has 0 radical (unpaired) electrons. The number of anilines is 1. The van der Waals surface area contributed by atoms with Crippen LogP contribution < -0.4 is 10.1 Å². The van der Waals surface area contributed by atoms with Gasteiger partial charge in [-0.15, -0.1) is 0 Å². The third-order valence-corrected chi connectivity index (χ3v) is 1.62. The van der Waals surface area contributed by atoms with E-state index in [0.29, 0.717) is 11.4 Å². The summed E-state index contributed by atoms with van der Waals surface area (Å²) in [5.41, 5.74) is 0.706. The standard InChI is InChI=1S/C11H13NO3.C2H6/c1-8(13)7-15-11-5-3-10(4-6-11)12-9(2)14;1-2/h3-6H,7H2,1-2H3,(H,12,14);1-2H3. The summed E-state index contributed by atoms with van der Waals surface area (Å²) in [7, 11) is 0. The first kappa shape index (κ1) is 15.2. The van der Waals surface area contributed by atoms with Gasteiger partial charge in [0.1, 0.15) is 12.4 Å². The van der Waals surface area contributed by atoms with Crippen molar-refractivity contribution >= 4 is 17.4 Å². The molecular weight excluding hydrogens is 218 g/mol. The van der Waals surface area contributed by atoms with E-state index in [1.165, 1.54) is 13.8 Å². The highest BCUT2D eigenvalue weighted by atomic mass is 16.5. The highest BCUT2D eigenvalue weighted by molar-refractivity contribution is 5.88. The number of hydrogen-bond acceptors (Lipinski definition) is 3. The predicted molar refractivity (Wildman–Crippen MR) is 68.3 cm³/mol. The van der Waals surface area contributed by atoms with Gasteiger partial charge < -0.3 is 10.1 Å². The number of benzene rings is 1. The number of carbonyl (C=O) groups is 2. The third kappa shape index (κ3) is 7.11. The molecule has 0 saturated heterocycles. The summed E-state index contributed by atoms with van der Waals surface area (Å²) in [6.45, 7) is 6.98. The zero-order valence-corrected chi connectivity index (χ0v) is 10.7. The number of nitrogens with one attached hydrogen (secondary N) is 1. The van der Waals surface area contributed by atoms with Crippen LogP contribution in [0.2, 0.25) is 0 Å². The monoisotopic (exact) mass is 237 g/mol. The van der Waals surface area contributed by atoms with Crippen molar-refractivity contribution in [1.82, 2.24) is 0 Å². The summed E-state index contributed by atoms with van der Waals surface area (Å²) in [4.78, 5) is 21.4. The van der Waals surface area contributed by atoms with Crippen LogP contribution in [0, 0.1) is 0 Å². The Morgan fingerprint density at radius 3 is 2.06 bits per heavy atom. The molecule has 4 nitrogen and oxygen atoms in total. The van der Waals surface area contributed by atoms with E-state index in [1.54, 1.807) is 24.3 Å². The number of Topliss-reactive ketones (excluding diaryl/α,β-unsaturated/α-hetero) is 1. The van der Waals surface area contributed by atoms with Gasteiger partial charge in [0, 0.05) is 12.6 Å². The zero-order valence-electron chi connectivity index (χ0n) is 10.7. The summed E-state index contributed by atoms with van der Waals surface area (Å²) in [5, 5.41) is 2.64. The molecule has 0 fully saturated rings. The quantitative estimate of drug-likeness (QED) is 0.875. The molecule has 0 aliphatic carbocycles. The number of rotatable bonds is 4. The second-order valence-corrected chi connectivity index (χ2v) is 3.20. The maximum atomic E-state index is 10.7. The average Bonchev–Trinajstić information content (AvgIpc) is 2.30. The first-order valence-corrected chi connectivity index (χ1v) is 5.58. The Kier molecular flexibility index (Phi) is 7.43. The molecule has 1 aromatic carbocycles. The molecule has 1 aromatic rings. The molecular formula is C13H19NO3. The molecule has 0 unspecified atom stereocenters. The smallest absolute Gasteiger partial charge is 0.221 e. The highest BCUT2D eigenvalue weighted by Gasteiger charge is 1.98. The first-order valence-electron chi connectivity index (χ1n) is 5.58. The lowest BCUT2D eigenvalue weighted by atomic mass is 10.3. The average molecular weight is 237 g/mol. The van der Waals surface area contributed by atoms with Crippen LogP contribution in [-0.2, 0) is 9.59 Å². The van der Waals surface area contributed by atoms with Gasteiger partial charge in [-0.3, -0.25) is 9.59 Å². The van der Waals surface area contributed by atoms with E-state index < -0.39 is 0 Å². The van der Waals surface area contributed by atoms with Crippen LogP contribution in [0.25, 0.3) is 0 Å². The lowest BCUT2D eigenvalue weighted by Crippen LogP contribution is -2.07. The van der Waals surface area contributed by atoms with E-state index in [4.69, 9.17) is 4.74 Å². The second kappa shape index (κ2) is 8.33. The number of carbonyl (C=O) groups excluding carboxylic acids is 2. The fourth-order valence-electron chi connectivity index (χ4n) is 1.02. The number of hydrogen-bond donors (Lipinski definition) is 1. The lowest BCUT2D eigenvalue weighted by molar-refractivity contribution is -0.119. The topological polar surface area (TPSA) is 55.4 Å². The van der Waals surface area contributed by atoms with Gasteiger partial charge >= 0.3 is 0 Å². The van der Waals surface area contributed by atoms with Gasteiger partial charge in [0.25, 0.3) is 0 Å². The van der Waals surface area contributed by atoms with Crippen LogP contribution in [0.15, 0.2) is 24.3 Å². The molecule has 0 bridgehead atoms. The predicted octanol–water partition coefficient (Wildman–Crippen LogP) is 2.64. The number of amides is 1. The zero-order chi connectivity index (χ0) is 13.3. The van der Waals surface area contributed by atoms with Gasteiger partial charge in [0.2, 0.25) is 5.91 Å². The fraction of sp³-hybridized carbons (Fsp3) is 0.385. The summed E-state index contributed by atoms with van der Waals surface area (Å²) < 4.78 is 5.17. The van der Waals surface area contributed by atoms with Crippen LogP contribution in [0.1, 0.15) is 27.7 Å². The van der Waals surface area contributed by atoms with Crippen molar-refractivity contribution in [3.63, 3.8) is 0 Å². The molecule has 0 aliphatic heterocycles. The van der Waals surface area contributed by atoms with Gasteiger partial charge in [0.15, 0.2) is 5.78 Å². The molecule has 0 atom stereocenters. The number of ether oxygens (including phenoxy) is 1. The van der Waals surface area contributed by atoms with Crippen LogP contribution >= 0.6 is 0 Å². The molecule has 17 heavy (non-hydrogen) atoms. The maximum absolute atomic E-state index is 10.7. The van der Waals surface area contributed by atoms with Crippen molar-refractivity contribution in [2.75, 3.05) is 11.9 Å². The van der Waals surface area contributed by atoms with Crippen molar-refractivity contribution in [3.05, 3.63) is 24.3 Å². The van der Waals surface area contributed by atoms with Crippen molar-refractivity contribution in [2.45, 2.75) is 27.7 Å². The Balaban J connectivity index is 0.00000121. The second-order valence-electron chi connectivity index (χ2n) is 3.20. The Hall–Kier alpha value is -1.84. The van der Waals surface area contributed by atoms with E-state index in [2.05, 4.69) is 5.32 Å². The minimum atomic E-state index is -0.118. The molecule has 0 heterocycles. The SMILES string of the molecule is CC.CC(=O)COc1ccc(NC(C)=O)cc1. The van der Waals surface area contributed by atoms with Crippen molar-refractivity contribution < 1.29 is 14.3 Å². The molecule has 1 rings (SSSR count). The molecule has 0 spiro atoms. The van der Waals surface area contributed by atoms with Crippen molar-refractivity contribution in [2.24, 2.45) is 0 Å². The molecule has 4 heteroatoms. The van der Waals surface area contributed by atoms with Crippen LogP contribution in [0.4, 0.5) is 5.69 Å². The van der Waals surface area contributed by atoms with Crippen LogP contribution in [0.5, 0.6) is 5.75 Å². The maximum Gasteiger partial charge on any atom is 0.221 e. The number of ketones is 1. The van der Waals surface area contributed by atoms with Gasteiger partial charge in [-0.2, -0.15) is 0 Å². The van der Waals surface area contributed by atoms with Crippen LogP contribution in [0.3, 0.4) is 0 Å². The third-order valence-electron chi connectivity index (χ3n) is 1.62. The fourth-order valence-corrected chi connectivity index (χ4v) is 1.02. The van der Waals surface area contributed by atoms with Gasteiger partial charge in [0.05, 0.1) is 0 Å². The molecule has 94 valence electrons. The summed E-state index contributed by atoms with van der Waals surface area (Å²) in [6, 6.07) is 6.84. The van der Waals surface area contributed by atoms with E-state index >= 15 is 0 Å². The molecule has 1 amide bonds. The summed E-state index contributed by atoms with van der Waals surface area (Å²) in [6.07, 6.45) is 0. The highest BCUT2D eigenvalue weighted by Crippen LogP contribution is 2.15. The molecule has 0 aromatic heterocycles. The van der Waals surface area contributed by atoms with Crippen molar-refractivity contribution in [3.8, 4) is 5.75 Å². The van der Waals surface area contributed by atoms with E-state index in [9.17, 15) is 9.59 Å². The minimum Gasteiger partial charge on any atom is -0.486 e. The van der Waals surface area contributed by atoms with Gasteiger partial charge in [-0.05, 0) is 31.2 Å². The Labute approximate surface area is 102 Å². The summed E-state index contributed by atoms with van der Waals surface area (Å²) >= 11 is 0. The first-order chi connectivity index (χ1) is 8.08. The Morgan fingerprint density at radius 2 is 1.65 bits per heavy atom. The van der Waals surface area contributed by atoms with E-state index in [0.717, 1.165) is 0 Å². The van der Waals surface area contributed by atoms with Crippen LogP contribution in [-0.4, -0.2) is 18.3 Å². The summed E-state index contributed by atoms with van der Waals surface area (Å²) in [5.74, 6) is 0.465. The molecule has 0 saturated carbocycles. The normalized spacial score (nSPS) is 8.71. The molecule has 1 N–H and O–H groups in total. The van der Waals surface area contributed by atoms with Gasteiger partial charge in [-0.25, -0.2) is 0 Å². The molecule has 0 aliphatic rings. The van der Waals surface area contributed by atoms with E-state index in [-0.39, 0.29) is 18.3 Å².